The second-order valence-corrected chi connectivity index (χ2v) is 8.28. The Morgan fingerprint density at radius 1 is 1.00 bits per heavy atom. The van der Waals surface area contributed by atoms with E-state index in [9.17, 15) is 24.3 Å². The summed E-state index contributed by atoms with van der Waals surface area (Å²) in [5.41, 5.74) is 5.78. The second-order valence-electron chi connectivity index (χ2n) is 6.93. The average Bonchev–Trinajstić information content (AvgIpc) is 2.64. The molecule has 10 nitrogen and oxygen atoms in total. The van der Waals surface area contributed by atoms with Crippen LogP contribution in [0.2, 0.25) is 0 Å². The number of aliphatic hydroxyl groups is 1. The molecule has 0 saturated carbocycles. The van der Waals surface area contributed by atoms with Gasteiger partial charge in [-0.15, -0.1) is 0 Å². The highest BCUT2D eigenvalue weighted by Gasteiger charge is 2.33. The van der Waals surface area contributed by atoms with Crippen molar-refractivity contribution in [1.29, 1.82) is 0 Å². The first-order valence-corrected chi connectivity index (χ1v) is 11.2. The zero-order valence-electron chi connectivity index (χ0n) is 17.0. The van der Waals surface area contributed by atoms with Gasteiger partial charge in [0.1, 0.15) is 18.1 Å². The molecular weight excluding hydrogens is 420 g/mol. The molecule has 12 heteroatoms. The number of carboxylic acid groups (broad SMARTS) is 1. The van der Waals surface area contributed by atoms with E-state index in [1.807, 2.05) is 6.26 Å². The van der Waals surface area contributed by atoms with Crippen LogP contribution in [0.3, 0.4) is 0 Å². The summed E-state index contributed by atoms with van der Waals surface area (Å²) in [5.74, 6) is -3.19. The largest absolute Gasteiger partial charge is 0.480 e. The lowest BCUT2D eigenvalue weighted by Crippen LogP contribution is -2.60. The van der Waals surface area contributed by atoms with Crippen LogP contribution >= 0.6 is 24.4 Å². The number of carbonyl (C=O) groups is 4. The summed E-state index contributed by atoms with van der Waals surface area (Å²) >= 11 is 5.41. The van der Waals surface area contributed by atoms with Crippen molar-refractivity contribution in [3.63, 3.8) is 0 Å². The molecule has 3 amide bonds. The number of aliphatic carboxylic acids is 1. The predicted octanol–water partition coefficient (Wildman–Crippen LogP) is -1.43. The van der Waals surface area contributed by atoms with Gasteiger partial charge in [0.25, 0.3) is 0 Å². The number of thioether (sulfide) groups is 1. The lowest BCUT2D eigenvalue weighted by Gasteiger charge is -2.28. The maximum Gasteiger partial charge on any atom is 0.327 e. The Labute approximate surface area is 180 Å². The fourth-order valence-corrected chi connectivity index (χ4v) is 3.00. The number of thiol groups is 1. The Balaban J connectivity index is 5.21. The van der Waals surface area contributed by atoms with Gasteiger partial charge in [-0.25, -0.2) is 4.79 Å². The van der Waals surface area contributed by atoms with E-state index in [1.165, 1.54) is 18.7 Å². The van der Waals surface area contributed by atoms with Gasteiger partial charge in [-0.3, -0.25) is 14.4 Å². The molecule has 0 saturated heterocycles. The zero-order valence-corrected chi connectivity index (χ0v) is 18.8. The lowest BCUT2D eigenvalue weighted by atomic mass is 10.0. The molecule has 0 bridgehead atoms. The summed E-state index contributed by atoms with van der Waals surface area (Å²) in [6, 6.07) is -4.46. The van der Waals surface area contributed by atoms with Crippen molar-refractivity contribution in [2.45, 2.75) is 57.5 Å². The first-order chi connectivity index (χ1) is 13.5. The molecule has 0 aliphatic carbocycles. The summed E-state index contributed by atoms with van der Waals surface area (Å²) in [4.78, 5) is 48.3. The van der Waals surface area contributed by atoms with Crippen LogP contribution in [-0.4, -0.2) is 81.9 Å². The molecule has 0 aromatic carbocycles. The number of hydrogen-bond donors (Lipinski definition) is 7. The first-order valence-electron chi connectivity index (χ1n) is 9.13. The van der Waals surface area contributed by atoms with Crippen molar-refractivity contribution in [3.8, 4) is 0 Å². The summed E-state index contributed by atoms with van der Waals surface area (Å²) in [5, 5.41) is 26.2. The van der Waals surface area contributed by atoms with Crippen LogP contribution < -0.4 is 21.7 Å². The molecule has 0 heterocycles. The minimum absolute atomic E-state index is 0.125. The molecule has 0 fully saturated rings. The lowest BCUT2D eigenvalue weighted by molar-refractivity contribution is -0.142. The van der Waals surface area contributed by atoms with Crippen LogP contribution in [0.25, 0.3) is 0 Å². The maximum absolute atomic E-state index is 12.6. The Hall–Kier alpha value is -1.50. The molecule has 0 aromatic rings. The predicted molar refractivity (Wildman–Crippen MR) is 115 cm³/mol. The normalized spacial score (nSPS) is 16.3. The fraction of sp³-hybridized carbons (Fsp3) is 0.765. The minimum Gasteiger partial charge on any atom is -0.480 e. The molecule has 0 spiro atoms. The van der Waals surface area contributed by atoms with Gasteiger partial charge in [0.15, 0.2) is 0 Å². The number of aliphatic hydroxyl groups excluding tert-OH is 1. The standard InChI is InChI=1S/C17H32N4O6S2/c1-8(2)12(15(24)19-11(7-28)17(26)27)20-16(25)13(9(3)22)21-14(23)10(18)5-6-29-4/h8-13,22,28H,5-7,18H2,1-4H3,(H,19,24)(H,20,25)(H,21,23)(H,26,27). The maximum atomic E-state index is 12.6. The number of carbonyl (C=O) groups excluding carboxylic acids is 3. The van der Waals surface area contributed by atoms with Crippen molar-refractivity contribution < 1.29 is 29.4 Å². The Kier molecular flexibility index (Phi) is 13.0. The van der Waals surface area contributed by atoms with Crippen LogP contribution in [0, 0.1) is 5.92 Å². The molecule has 0 rings (SSSR count). The smallest absolute Gasteiger partial charge is 0.327 e. The fourth-order valence-electron chi connectivity index (χ4n) is 2.27. The van der Waals surface area contributed by atoms with Crippen LogP contribution in [0.1, 0.15) is 27.2 Å². The molecule has 5 atom stereocenters. The highest BCUT2D eigenvalue weighted by Crippen LogP contribution is 2.06. The first kappa shape index (κ1) is 27.5. The van der Waals surface area contributed by atoms with Crippen molar-refractivity contribution in [2.24, 2.45) is 11.7 Å². The second kappa shape index (κ2) is 13.7. The Morgan fingerprint density at radius 3 is 1.93 bits per heavy atom. The molecule has 7 N–H and O–H groups in total. The Bertz CT molecular complexity index is 576. The van der Waals surface area contributed by atoms with Gasteiger partial charge in [-0.2, -0.15) is 24.4 Å². The number of rotatable bonds is 13. The third-order valence-corrected chi connectivity index (χ3v) is 5.09. The number of nitrogens with one attached hydrogen (secondary N) is 3. The van der Waals surface area contributed by atoms with E-state index in [1.54, 1.807) is 13.8 Å². The SMILES string of the molecule is CSCCC(N)C(=O)NC(C(=O)NC(C(=O)NC(CS)C(=O)O)C(C)C)C(C)O. The third-order valence-electron chi connectivity index (χ3n) is 4.08. The van der Waals surface area contributed by atoms with Crippen molar-refractivity contribution in [2.75, 3.05) is 17.8 Å². The van der Waals surface area contributed by atoms with Crippen molar-refractivity contribution in [1.82, 2.24) is 16.0 Å². The van der Waals surface area contributed by atoms with Gasteiger partial charge in [0.05, 0.1) is 12.1 Å². The highest BCUT2D eigenvalue weighted by molar-refractivity contribution is 7.98. The van der Waals surface area contributed by atoms with Crippen molar-refractivity contribution in [3.05, 3.63) is 0 Å². The van der Waals surface area contributed by atoms with E-state index >= 15 is 0 Å². The van der Waals surface area contributed by atoms with Crippen LogP contribution in [0.4, 0.5) is 0 Å². The number of carboxylic acids is 1. The number of nitrogens with two attached hydrogens (primary N) is 1. The van der Waals surface area contributed by atoms with Gasteiger partial charge in [-0.05, 0) is 31.3 Å². The summed E-state index contributed by atoms with van der Waals surface area (Å²) in [6.07, 6.45) is 1.03. The Morgan fingerprint density at radius 2 is 1.52 bits per heavy atom. The topological polar surface area (TPSA) is 171 Å². The van der Waals surface area contributed by atoms with Crippen LogP contribution in [-0.2, 0) is 19.2 Å². The summed E-state index contributed by atoms with van der Waals surface area (Å²) in [7, 11) is 0. The molecule has 0 aliphatic rings. The van der Waals surface area contributed by atoms with E-state index < -0.39 is 54.0 Å². The summed E-state index contributed by atoms with van der Waals surface area (Å²) in [6.45, 7) is 4.65. The molecule has 0 radical (unpaired) electrons. The van der Waals surface area contributed by atoms with Crippen LogP contribution in [0.15, 0.2) is 0 Å². The molecule has 0 aromatic heterocycles. The van der Waals surface area contributed by atoms with E-state index in [0.29, 0.717) is 12.2 Å². The van der Waals surface area contributed by atoms with Gasteiger partial charge in [-0.1, -0.05) is 13.8 Å². The van der Waals surface area contributed by atoms with Crippen molar-refractivity contribution >= 4 is 48.1 Å². The quantitative estimate of drug-likeness (QED) is 0.167. The number of amides is 3. The van der Waals surface area contributed by atoms with E-state index in [4.69, 9.17) is 10.8 Å². The highest BCUT2D eigenvalue weighted by atomic mass is 32.2. The van der Waals surface area contributed by atoms with E-state index in [2.05, 4.69) is 28.6 Å². The van der Waals surface area contributed by atoms with E-state index in [-0.39, 0.29) is 11.7 Å². The molecule has 5 unspecified atom stereocenters. The van der Waals surface area contributed by atoms with Gasteiger partial charge in [0.2, 0.25) is 17.7 Å². The van der Waals surface area contributed by atoms with Crippen LogP contribution in [0.5, 0.6) is 0 Å². The van der Waals surface area contributed by atoms with Gasteiger partial charge >= 0.3 is 5.97 Å². The molecule has 29 heavy (non-hydrogen) atoms. The van der Waals surface area contributed by atoms with E-state index in [0.717, 1.165) is 0 Å². The van der Waals surface area contributed by atoms with Gasteiger partial charge in [0, 0.05) is 5.75 Å². The number of hydrogen-bond acceptors (Lipinski definition) is 8. The molecule has 0 aliphatic heterocycles. The third kappa shape index (κ3) is 9.70. The van der Waals surface area contributed by atoms with Gasteiger partial charge < -0.3 is 31.9 Å². The average molecular weight is 453 g/mol. The summed E-state index contributed by atoms with van der Waals surface area (Å²) < 4.78 is 0. The minimum atomic E-state index is -1.32. The zero-order chi connectivity index (χ0) is 22.7. The molecular formula is C17H32N4O6S2. The monoisotopic (exact) mass is 452 g/mol. The molecule has 168 valence electrons.